The van der Waals surface area contributed by atoms with Crippen LogP contribution in [-0.2, 0) is 6.18 Å². The van der Waals surface area contributed by atoms with E-state index in [1.807, 2.05) is 17.5 Å². The van der Waals surface area contributed by atoms with Gasteiger partial charge in [-0.1, -0.05) is 6.07 Å². The second-order valence-corrected chi connectivity index (χ2v) is 6.59. The summed E-state index contributed by atoms with van der Waals surface area (Å²) in [5.74, 6) is 0. The van der Waals surface area contributed by atoms with E-state index in [4.69, 9.17) is 12.2 Å². The van der Waals surface area contributed by atoms with Crippen molar-refractivity contribution in [2.45, 2.75) is 19.0 Å². The van der Waals surface area contributed by atoms with Gasteiger partial charge in [0.15, 0.2) is 5.11 Å². The first-order valence-electron chi connectivity index (χ1n) is 7.30. The Kier molecular flexibility index (Phi) is 4.86. The van der Waals surface area contributed by atoms with Crippen molar-refractivity contribution in [3.63, 3.8) is 0 Å². The van der Waals surface area contributed by atoms with Gasteiger partial charge in [0.1, 0.15) is 0 Å². The van der Waals surface area contributed by atoms with E-state index in [0.717, 1.165) is 35.6 Å². The van der Waals surface area contributed by atoms with Crippen LogP contribution in [0.25, 0.3) is 0 Å². The minimum absolute atomic E-state index is 0.378. The maximum atomic E-state index is 12.6. The number of hydrogen-bond acceptors (Lipinski definition) is 3. The molecule has 1 N–H and O–H groups in total. The van der Waals surface area contributed by atoms with Gasteiger partial charge >= 0.3 is 6.18 Å². The zero-order valence-corrected chi connectivity index (χ0v) is 14.1. The van der Waals surface area contributed by atoms with Crippen molar-refractivity contribution in [1.29, 1.82) is 0 Å². The summed E-state index contributed by atoms with van der Waals surface area (Å²) in [4.78, 5) is 1.11. The molecule has 1 aromatic carbocycles. The fourth-order valence-electron chi connectivity index (χ4n) is 2.33. The molecule has 3 nitrogen and oxygen atoms in total. The van der Waals surface area contributed by atoms with E-state index in [-0.39, 0.29) is 0 Å². The Morgan fingerprint density at radius 3 is 2.58 bits per heavy atom. The minimum atomic E-state index is -4.34. The van der Waals surface area contributed by atoms with E-state index in [1.165, 1.54) is 12.1 Å². The first-order chi connectivity index (χ1) is 11.4. The molecule has 1 aromatic heterocycles. The Morgan fingerprint density at radius 2 is 1.96 bits per heavy atom. The first kappa shape index (κ1) is 16.9. The molecule has 8 heteroatoms. The van der Waals surface area contributed by atoms with E-state index < -0.39 is 11.7 Å². The molecule has 1 aliphatic rings. The van der Waals surface area contributed by atoms with Crippen molar-refractivity contribution in [3.8, 4) is 0 Å². The summed E-state index contributed by atoms with van der Waals surface area (Å²) in [6, 6.07) is 8.77. The van der Waals surface area contributed by atoms with Crippen LogP contribution in [0.5, 0.6) is 0 Å². The molecule has 0 unspecified atom stereocenters. The van der Waals surface area contributed by atoms with Gasteiger partial charge in [-0.2, -0.15) is 18.3 Å². The van der Waals surface area contributed by atoms with Crippen LogP contribution in [0.15, 0.2) is 46.9 Å². The summed E-state index contributed by atoms with van der Waals surface area (Å²) in [5, 5.41) is 11.6. The van der Waals surface area contributed by atoms with Gasteiger partial charge in [0.2, 0.25) is 0 Å². The van der Waals surface area contributed by atoms with Gasteiger partial charge in [-0.3, -0.25) is 0 Å². The molecular weight excluding hydrogens is 355 g/mol. The van der Waals surface area contributed by atoms with Crippen molar-refractivity contribution >= 4 is 40.1 Å². The van der Waals surface area contributed by atoms with Gasteiger partial charge in [0.25, 0.3) is 0 Å². The zero-order chi connectivity index (χ0) is 17.2. The molecule has 126 valence electrons. The summed E-state index contributed by atoms with van der Waals surface area (Å²) < 4.78 is 37.7. The van der Waals surface area contributed by atoms with Crippen LogP contribution in [-0.4, -0.2) is 22.4 Å². The van der Waals surface area contributed by atoms with Crippen LogP contribution in [0.1, 0.15) is 23.3 Å². The van der Waals surface area contributed by atoms with Crippen LogP contribution in [0.2, 0.25) is 0 Å². The highest BCUT2D eigenvalue weighted by Gasteiger charge is 2.30. The molecule has 0 aliphatic carbocycles. The summed E-state index contributed by atoms with van der Waals surface area (Å²) in [6.07, 6.45) is -2.53. The predicted molar refractivity (Wildman–Crippen MR) is 94.5 cm³/mol. The van der Waals surface area contributed by atoms with Crippen molar-refractivity contribution in [1.82, 2.24) is 5.01 Å². The predicted octanol–water partition coefficient (Wildman–Crippen LogP) is 4.96. The maximum absolute atomic E-state index is 12.6. The van der Waals surface area contributed by atoms with Crippen LogP contribution < -0.4 is 5.32 Å². The number of benzene rings is 1. The van der Waals surface area contributed by atoms with Crippen molar-refractivity contribution in [2.24, 2.45) is 5.10 Å². The number of thiophene rings is 1. The van der Waals surface area contributed by atoms with Gasteiger partial charge in [0, 0.05) is 12.2 Å². The number of alkyl halides is 3. The fraction of sp³-hybridized carbons (Fsp3) is 0.250. The van der Waals surface area contributed by atoms with Crippen LogP contribution in [0.3, 0.4) is 0 Å². The lowest BCUT2D eigenvalue weighted by atomic mass is 10.1. The minimum Gasteiger partial charge on any atom is -0.331 e. The maximum Gasteiger partial charge on any atom is 0.416 e. The van der Waals surface area contributed by atoms with Gasteiger partial charge in [-0.05, 0) is 60.8 Å². The zero-order valence-electron chi connectivity index (χ0n) is 12.5. The average molecular weight is 369 g/mol. The Balaban J connectivity index is 1.69. The Labute approximate surface area is 146 Å². The number of nitrogens with one attached hydrogen (secondary N) is 1. The highest BCUT2D eigenvalue weighted by atomic mass is 32.1. The van der Waals surface area contributed by atoms with Crippen LogP contribution >= 0.6 is 23.6 Å². The van der Waals surface area contributed by atoms with Gasteiger partial charge < -0.3 is 5.32 Å². The van der Waals surface area contributed by atoms with E-state index in [2.05, 4.69) is 10.4 Å². The van der Waals surface area contributed by atoms with Crippen molar-refractivity contribution in [2.75, 3.05) is 11.9 Å². The molecule has 0 saturated heterocycles. The first-order valence-corrected chi connectivity index (χ1v) is 8.59. The summed E-state index contributed by atoms with van der Waals surface area (Å²) in [5.41, 5.74) is 0.800. The monoisotopic (exact) mass is 369 g/mol. The third-order valence-corrected chi connectivity index (χ3v) is 4.76. The van der Waals surface area contributed by atoms with Crippen molar-refractivity contribution < 1.29 is 13.2 Å². The molecule has 3 rings (SSSR count). The second-order valence-electron chi connectivity index (χ2n) is 5.26. The molecule has 24 heavy (non-hydrogen) atoms. The van der Waals surface area contributed by atoms with Gasteiger partial charge in [-0.25, -0.2) is 5.01 Å². The average Bonchev–Trinajstić information content (AvgIpc) is 3.09. The number of thiocarbonyl (C=S) groups is 1. The number of halogens is 3. The molecule has 0 amide bonds. The number of rotatable bonds is 2. The standard InChI is InChI=1S/C16H14F3N3S2/c17-16(18,19)11-5-7-12(8-6-11)20-15(23)22-9-1-3-13(21-22)14-4-2-10-24-14/h2,4-8,10H,1,3,9H2,(H,20,23). The normalized spacial score (nSPS) is 15.1. The van der Waals surface area contributed by atoms with Crippen LogP contribution in [0, 0.1) is 0 Å². The molecule has 0 atom stereocenters. The van der Waals surface area contributed by atoms with Gasteiger partial charge in [0.05, 0.1) is 16.2 Å². The Morgan fingerprint density at radius 1 is 1.21 bits per heavy atom. The molecule has 2 aromatic rings. The summed E-state index contributed by atoms with van der Waals surface area (Å²) >= 11 is 6.96. The quantitative estimate of drug-likeness (QED) is 0.758. The van der Waals surface area contributed by atoms with E-state index in [1.54, 1.807) is 16.3 Å². The highest BCUT2D eigenvalue weighted by molar-refractivity contribution is 7.80. The summed E-state index contributed by atoms with van der Waals surface area (Å²) in [7, 11) is 0. The Bertz CT molecular complexity index is 737. The molecule has 1 aliphatic heterocycles. The third-order valence-electron chi connectivity index (χ3n) is 3.53. The lowest BCUT2D eigenvalue weighted by Crippen LogP contribution is -2.35. The number of hydrazone groups is 1. The fourth-order valence-corrected chi connectivity index (χ4v) is 3.32. The van der Waals surface area contributed by atoms with Crippen molar-refractivity contribution in [3.05, 3.63) is 52.2 Å². The van der Waals surface area contributed by atoms with E-state index in [0.29, 0.717) is 17.3 Å². The molecule has 0 radical (unpaired) electrons. The number of anilines is 1. The summed E-state index contributed by atoms with van der Waals surface area (Å²) in [6.45, 7) is 0.682. The lowest BCUT2D eigenvalue weighted by molar-refractivity contribution is -0.137. The molecular formula is C16H14F3N3S2. The topological polar surface area (TPSA) is 27.6 Å². The number of hydrogen-bond donors (Lipinski definition) is 1. The van der Waals surface area contributed by atoms with E-state index >= 15 is 0 Å². The SMILES string of the molecule is FC(F)(F)c1ccc(NC(=S)N2CCCC(c3cccs3)=N2)cc1. The second kappa shape index (κ2) is 6.90. The van der Waals surface area contributed by atoms with Crippen LogP contribution in [0.4, 0.5) is 18.9 Å². The van der Waals surface area contributed by atoms with Gasteiger partial charge in [-0.15, -0.1) is 11.3 Å². The highest BCUT2D eigenvalue weighted by Crippen LogP contribution is 2.30. The molecule has 2 heterocycles. The Hall–Kier alpha value is -1.93. The third kappa shape index (κ3) is 3.93. The molecule has 0 spiro atoms. The largest absolute Gasteiger partial charge is 0.416 e. The molecule has 0 saturated carbocycles. The molecule has 0 fully saturated rings. The lowest BCUT2D eigenvalue weighted by Gasteiger charge is -2.25. The molecule has 0 bridgehead atoms. The smallest absolute Gasteiger partial charge is 0.331 e. The number of nitrogens with zero attached hydrogens (tertiary/aromatic N) is 2. The van der Waals surface area contributed by atoms with E-state index in [9.17, 15) is 13.2 Å².